The van der Waals surface area contributed by atoms with E-state index in [0.717, 1.165) is 6.42 Å². The van der Waals surface area contributed by atoms with Crippen molar-refractivity contribution in [2.75, 3.05) is 11.9 Å². The third-order valence-electron chi connectivity index (χ3n) is 3.05. The summed E-state index contributed by atoms with van der Waals surface area (Å²) in [6.45, 7) is 0. The van der Waals surface area contributed by atoms with Crippen molar-refractivity contribution in [3.05, 3.63) is 54.2 Å². The first-order valence-corrected chi connectivity index (χ1v) is 5.26. The standard InChI is InChI=1S/C14H13N/c1-15-10-4-7-13-12-6-3-2-5-11(12)8-9-14(13)15/h2-6,8-10H,7H2,1H3. The molecule has 1 aliphatic rings. The molecule has 0 aromatic heterocycles. The maximum absolute atomic E-state index is 2.22. The fourth-order valence-corrected chi connectivity index (χ4v) is 2.28. The molecule has 1 aliphatic heterocycles. The van der Waals surface area contributed by atoms with Crippen LogP contribution in [0.25, 0.3) is 10.8 Å². The van der Waals surface area contributed by atoms with Gasteiger partial charge in [0, 0.05) is 18.9 Å². The zero-order chi connectivity index (χ0) is 10.3. The molecule has 0 N–H and O–H groups in total. The molecule has 0 unspecified atom stereocenters. The number of benzene rings is 2. The second kappa shape index (κ2) is 3.13. The van der Waals surface area contributed by atoms with Crippen LogP contribution in [0.2, 0.25) is 0 Å². The van der Waals surface area contributed by atoms with E-state index in [2.05, 4.69) is 60.6 Å². The Morgan fingerprint density at radius 3 is 2.87 bits per heavy atom. The van der Waals surface area contributed by atoms with E-state index >= 15 is 0 Å². The Balaban J connectivity index is 2.36. The molecule has 0 spiro atoms. The largest absolute Gasteiger partial charge is 0.351 e. The van der Waals surface area contributed by atoms with Crippen LogP contribution in [0.3, 0.4) is 0 Å². The van der Waals surface area contributed by atoms with Crippen LogP contribution in [0.5, 0.6) is 0 Å². The molecule has 0 bridgehead atoms. The molecular formula is C14H13N. The van der Waals surface area contributed by atoms with E-state index in [-0.39, 0.29) is 0 Å². The molecule has 3 rings (SSSR count). The minimum Gasteiger partial charge on any atom is -0.351 e. The number of rotatable bonds is 0. The van der Waals surface area contributed by atoms with Crippen LogP contribution < -0.4 is 4.90 Å². The summed E-state index contributed by atoms with van der Waals surface area (Å²) in [5.74, 6) is 0. The quantitative estimate of drug-likeness (QED) is 0.623. The van der Waals surface area contributed by atoms with Crippen LogP contribution in [-0.2, 0) is 6.42 Å². The molecule has 1 heterocycles. The highest BCUT2D eigenvalue weighted by molar-refractivity contribution is 5.91. The lowest BCUT2D eigenvalue weighted by atomic mass is 9.98. The predicted octanol–water partition coefficient (Wildman–Crippen LogP) is 3.35. The van der Waals surface area contributed by atoms with Gasteiger partial charge in [-0.2, -0.15) is 0 Å². The minimum absolute atomic E-state index is 1.04. The number of hydrogen-bond donors (Lipinski definition) is 0. The molecular weight excluding hydrogens is 182 g/mol. The van der Waals surface area contributed by atoms with E-state index in [1.165, 1.54) is 22.0 Å². The van der Waals surface area contributed by atoms with Crippen LogP contribution in [0.4, 0.5) is 5.69 Å². The number of fused-ring (bicyclic) bond motifs is 3. The normalized spacial score (nSPS) is 14.3. The van der Waals surface area contributed by atoms with E-state index in [9.17, 15) is 0 Å². The van der Waals surface area contributed by atoms with Crippen molar-refractivity contribution in [1.29, 1.82) is 0 Å². The summed E-state index contributed by atoms with van der Waals surface area (Å²) >= 11 is 0. The van der Waals surface area contributed by atoms with Crippen LogP contribution in [0.1, 0.15) is 5.56 Å². The van der Waals surface area contributed by atoms with E-state index < -0.39 is 0 Å². The van der Waals surface area contributed by atoms with E-state index in [0.29, 0.717) is 0 Å². The first-order valence-electron chi connectivity index (χ1n) is 5.26. The summed E-state index contributed by atoms with van der Waals surface area (Å²) in [6.07, 6.45) is 5.40. The van der Waals surface area contributed by atoms with Crippen LogP contribution in [0, 0.1) is 0 Å². The van der Waals surface area contributed by atoms with Crippen molar-refractivity contribution in [1.82, 2.24) is 0 Å². The van der Waals surface area contributed by atoms with Gasteiger partial charge in [-0.05, 0) is 28.8 Å². The Morgan fingerprint density at radius 2 is 1.93 bits per heavy atom. The molecule has 2 aromatic carbocycles. The lowest BCUT2D eigenvalue weighted by Crippen LogP contribution is -2.13. The van der Waals surface area contributed by atoms with Gasteiger partial charge in [-0.15, -0.1) is 0 Å². The van der Waals surface area contributed by atoms with Gasteiger partial charge in [-0.1, -0.05) is 36.4 Å². The fourth-order valence-electron chi connectivity index (χ4n) is 2.28. The van der Waals surface area contributed by atoms with Crippen molar-refractivity contribution < 1.29 is 0 Å². The lowest BCUT2D eigenvalue weighted by molar-refractivity contribution is 1.10. The fraction of sp³-hybridized carbons (Fsp3) is 0.143. The second-order valence-corrected chi connectivity index (χ2v) is 3.98. The molecule has 15 heavy (non-hydrogen) atoms. The molecule has 0 amide bonds. The second-order valence-electron chi connectivity index (χ2n) is 3.98. The van der Waals surface area contributed by atoms with Crippen molar-refractivity contribution >= 4 is 16.5 Å². The maximum atomic E-state index is 2.22. The van der Waals surface area contributed by atoms with Crippen LogP contribution >= 0.6 is 0 Å². The van der Waals surface area contributed by atoms with Gasteiger partial charge in [0.1, 0.15) is 0 Å². The zero-order valence-electron chi connectivity index (χ0n) is 8.77. The number of hydrogen-bond acceptors (Lipinski definition) is 1. The summed E-state index contributed by atoms with van der Waals surface area (Å²) in [6, 6.07) is 13.0. The van der Waals surface area contributed by atoms with Crippen molar-refractivity contribution in [3.63, 3.8) is 0 Å². The summed E-state index contributed by atoms with van der Waals surface area (Å²) in [5.41, 5.74) is 2.77. The van der Waals surface area contributed by atoms with Crippen molar-refractivity contribution in [2.24, 2.45) is 0 Å². The molecule has 1 heteroatoms. The van der Waals surface area contributed by atoms with Gasteiger partial charge < -0.3 is 4.90 Å². The van der Waals surface area contributed by atoms with Gasteiger partial charge in [0.15, 0.2) is 0 Å². The first kappa shape index (κ1) is 8.54. The van der Waals surface area contributed by atoms with Gasteiger partial charge in [-0.25, -0.2) is 0 Å². The molecule has 1 nitrogen and oxygen atoms in total. The predicted molar refractivity (Wildman–Crippen MR) is 65.2 cm³/mol. The molecule has 74 valence electrons. The Bertz CT molecular complexity index is 540. The summed E-state index contributed by atoms with van der Waals surface area (Å²) in [5, 5.41) is 2.71. The SMILES string of the molecule is CN1C=CCc2c1ccc1ccccc21. The summed E-state index contributed by atoms with van der Waals surface area (Å²) in [4.78, 5) is 2.19. The Hall–Kier alpha value is -1.76. The molecule has 0 atom stereocenters. The van der Waals surface area contributed by atoms with Crippen molar-refractivity contribution in [2.45, 2.75) is 6.42 Å². The number of allylic oxidation sites excluding steroid dienone is 1. The number of nitrogens with zero attached hydrogens (tertiary/aromatic N) is 1. The van der Waals surface area contributed by atoms with Gasteiger partial charge in [0.05, 0.1) is 0 Å². The van der Waals surface area contributed by atoms with Gasteiger partial charge in [0.2, 0.25) is 0 Å². The smallest absolute Gasteiger partial charge is 0.0445 e. The molecule has 0 saturated heterocycles. The highest BCUT2D eigenvalue weighted by Crippen LogP contribution is 2.31. The van der Waals surface area contributed by atoms with Gasteiger partial charge in [0.25, 0.3) is 0 Å². The Morgan fingerprint density at radius 1 is 1.07 bits per heavy atom. The topological polar surface area (TPSA) is 3.24 Å². The molecule has 2 aromatic rings. The third-order valence-corrected chi connectivity index (χ3v) is 3.05. The number of anilines is 1. The average Bonchev–Trinajstić information content (AvgIpc) is 2.29. The minimum atomic E-state index is 1.04. The van der Waals surface area contributed by atoms with Gasteiger partial charge >= 0.3 is 0 Å². The van der Waals surface area contributed by atoms with Gasteiger partial charge in [-0.3, -0.25) is 0 Å². The zero-order valence-corrected chi connectivity index (χ0v) is 8.77. The van der Waals surface area contributed by atoms with E-state index in [1.54, 1.807) is 0 Å². The monoisotopic (exact) mass is 195 g/mol. The summed E-state index contributed by atoms with van der Waals surface area (Å²) in [7, 11) is 2.10. The van der Waals surface area contributed by atoms with Crippen LogP contribution in [-0.4, -0.2) is 7.05 Å². The van der Waals surface area contributed by atoms with Crippen molar-refractivity contribution in [3.8, 4) is 0 Å². The summed E-state index contributed by atoms with van der Waals surface area (Å²) < 4.78 is 0. The molecule has 0 fully saturated rings. The van der Waals surface area contributed by atoms with E-state index in [1.807, 2.05) is 0 Å². The Kier molecular flexibility index (Phi) is 1.78. The molecule has 0 saturated carbocycles. The van der Waals surface area contributed by atoms with Crippen LogP contribution in [0.15, 0.2) is 48.7 Å². The molecule has 0 aliphatic carbocycles. The Labute approximate surface area is 89.6 Å². The highest BCUT2D eigenvalue weighted by atomic mass is 15.1. The molecule has 0 radical (unpaired) electrons. The first-order chi connectivity index (χ1) is 7.36. The third kappa shape index (κ3) is 1.23. The lowest BCUT2D eigenvalue weighted by Gasteiger charge is -2.23. The maximum Gasteiger partial charge on any atom is 0.0445 e. The van der Waals surface area contributed by atoms with E-state index in [4.69, 9.17) is 0 Å². The average molecular weight is 195 g/mol. The highest BCUT2D eigenvalue weighted by Gasteiger charge is 2.11.